The van der Waals surface area contributed by atoms with E-state index < -0.39 is 15.4 Å². The normalized spacial score (nSPS) is 13.8. The van der Waals surface area contributed by atoms with E-state index in [1.807, 2.05) is 36.4 Å². The molecule has 0 aliphatic rings. The summed E-state index contributed by atoms with van der Waals surface area (Å²) < 4.78 is 32.0. The van der Waals surface area contributed by atoms with Crippen LogP contribution in [0.2, 0.25) is 0 Å². The minimum Gasteiger partial charge on any atom is -0.285 e. The van der Waals surface area contributed by atoms with Crippen LogP contribution in [0.25, 0.3) is 10.8 Å². The second-order valence-electron chi connectivity index (χ2n) is 3.98. The number of benzene rings is 2. The lowest BCUT2D eigenvalue weighted by molar-refractivity contribution is 0.467. The van der Waals surface area contributed by atoms with Gasteiger partial charge in [-0.1, -0.05) is 49.4 Å². The summed E-state index contributed by atoms with van der Waals surface area (Å²) in [4.78, 5) is 0. The highest BCUT2D eigenvalue weighted by Crippen LogP contribution is 2.31. The van der Waals surface area contributed by atoms with Crippen LogP contribution in [0.4, 0.5) is 0 Å². The molecule has 17 heavy (non-hydrogen) atoms. The van der Waals surface area contributed by atoms with E-state index in [0.717, 1.165) is 10.8 Å². The van der Waals surface area contributed by atoms with E-state index in [1.54, 1.807) is 13.0 Å². The second-order valence-corrected chi connectivity index (χ2v) is 5.58. The Bertz CT molecular complexity index is 627. The molecule has 0 radical (unpaired) electrons. The van der Waals surface area contributed by atoms with E-state index in [2.05, 4.69) is 0 Å². The van der Waals surface area contributed by atoms with Gasteiger partial charge in [0.05, 0.1) is 0 Å². The van der Waals surface area contributed by atoms with Crippen molar-refractivity contribution >= 4 is 20.9 Å². The molecule has 3 nitrogen and oxygen atoms in total. The molecule has 1 unspecified atom stereocenters. The summed E-state index contributed by atoms with van der Waals surface area (Å²) in [7, 11) is -4.06. The van der Waals surface area contributed by atoms with Crippen molar-refractivity contribution < 1.29 is 13.0 Å². The van der Waals surface area contributed by atoms with Gasteiger partial charge in [-0.3, -0.25) is 4.55 Å². The van der Waals surface area contributed by atoms with Gasteiger partial charge >= 0.3 is 0 Å². The van der Waals surface area contributed by atoms with Gasteiger partial charge in [0, 0.05) is 0 Å². The van der Waals surface area contributed by atoms with Gasteiger partial charge in [-0.25, -0.2) is 0 Å². The molecule has 0 aromatic heterocycles. The Kier molecular flexibility index (Phi) is 3.17. The van der Waals surface area contributed by atoms with E-state index >= 15 is 0 Å². The Balaban J connectivity index is 2.70. The maximum absolute atomic E-state index is 11.4. The van der Waals surface area contributed by atoms with Crippen molar-refractivity contribution in [2.75, 3.05) is 0 Å². The minimum absolute atomic E-state index is 0.354. The molecule has 90 valence electrons. The molecule has 2 aromatic carbocycles. The third-order valence-electron chi connectivity index (χ3n) is 2.90. The summed E-state index contributed by atoms with van der Waals surface area (Å²) in [6.45, 7) is 1.75. The molecule has 0 aliphatic carbocycles. The molecule has 0 aliphatic heterocycles. The van der Waals surface area contributed by atoms with Crippen molar-refractivity contribution in [2.24, 2.45) is 0 Å². The van der Waals surface area contributed by atoms with Crippen LogP contribution in [0.3, 0.4) is 0 Å². The highest BCUT2D eigenvalue weighted by Gasteiger charge is 2.24. The van der Waals surface area contributed by atoms with E-state index in [0.29, 0.717) is 12.0 Å². The summed E-state index contributed by atoms with van der Waals surface area (Å²) in [6.07, 6.45) is 0.354. The molecular formula is C13H14O3S. The molecule has 0 saturated heterocycles. The maximum Gasteiger partial charge on any atom is 0.272 e. The molecule has 1 atom stereocenters. The molecule has 2 rings (SSSR count). The molecule has 0 saturated carbocycles. The quantitative estimate of drug-likeness (QED) is 0.851. The lowest BCUT2D eigenvalue weighted by Gasteiger charge is -2.14. The van der Waals surface area contributed by atoms with Crippen molar-refractivity contribution in [3.05, 3.63) is 48.0 Å². The van der Waals surface area contributed by atoms with Crippen LogP contribution < -0.4 is 0 Å². The van der Waals surface area contributed by atoms with Gasteiger partial charge in [0.1, 0.15) is 5.25 Å². The Morgan fingerprint density at radius 3 is 2.41 bits per heavy atom. The molecule has 4 heteroatoms. The molecule has 0 fully saturated rings. The van der Waals surface area contributed by atoms with Crippen LogP contribution >= 0.6 is 0 Å². The fourth-order valence-corrected chi connectivity index (χ4v) is 3.07. The van der Waals surface area contributed by atoms with Crippen molar-refractivity contribution in [1.82, 2.24) is 0 Å². The molecule has 0 bridgehead atoms. The minimum atomic E-state index is -4.06. The third-order valence-corrected chi connectivity index (χ3v) is 4.21. The van der Waals surface area contributed by atoms with E-state index in [-0.39, 0.29) is 0 Å². The van der Waals surface area contributed by atoms with Crippen molar-refractivity contribution in [3.8, 4) is 0 Å². The third kappa shape index (κ3) is 2.33. The van der Waals surface area contributed by atoms with Gasteiger partial charge in [-0.2, -0.15) is 8.42 Å². The molecule has 1 N–H and O–H groups in total. The first-order chi connectivity index (χ1) is 8.04. The highest BCUT2D eigenvalue weighted by atomic mass is 32.2. The van der Waals surface area contributed by atoms with E-state index in [4.69, 9.17) is 0 Å². The number of hydrogen-bond donors (Lipinski definition) is 1. The summed E-state index contributed by atoms with van der Waals surface area (Å²) in [6, 6.07) is 13.1. The summed E-state index contributed by atoms with van der Waals surface area (Å²) in [5, 5.41) is 1.00. The van der Waals surface area contributed by atoms with Gasteiger partial charge in [0.25, 0.3) is 10.1 Å². The summed E-state index contributed by atoms with van der Waals surface area (Å²) in [5.41, 5.74) is 0.660. The SMILES string of the molecule is CCC(c1cccc2ccccc12)S(=O)(=O)O. The number of rotatable bonds is 3. The Hall–Kier alpha value is -1.39. The Morgan fingerprint density at radius 2 is 1.76 bits per heavy atom. The van der Waals surface area contributed by atoms with Crippen molar-refractivity contribution in [1.29, 1.82) is 0 Å². The molecule has 0 heterocycles. The summed E-state index contributed by atoms with van der Waals surface area (Å²) in [5.74, 6) is 0. The lowest BCUT2D eigenvalue weighted by atomic mass is 10.0. The van der Waals surface area contributed by atoms with Crippen LogP contribution in [0.1, 0.15) is 24.2 Å². The van der Waals surface area contributed by atoms with Crippen LogP contribution in [0.5, 0.6) is 0 Å². The van der Waals surface area contributed by atoms with Gasteiger partial charge in [-0.05, 0) is 22.8 Å². The fourth-order valence-electron chi connectivity index (χ4n) is 2.12. The average Bonchev–Trinajstić information content (AvgIpc) is 2.28. The van der Waals surface area contributed by atoms with Crippen LogP contribution in [0.15, 0.2) is 42.5 Å². The number of fused-ring (bicyclic) bond motifs is 1. The van der Waals surface area contributed by atoms with Crippen molar-refractivity contribution in [2.45, 2.75) is 18.6 Å². The Morgan fingerprint density at radius 1 is 1.12 bits per heavy atom. The first-order valence-corrected chi connectivity index (χ1v) is 6.98. The average molecular weight is 250 g/mol. The zero-order valence-corrected chi connectivity index (χ0v) is 10.3. The van der Waals surface area contributed by atoms with Gasteiger partial charge in [0.2, 0.25) is 0 Å². The topological polar surface area (TPSA) is 54.4 Å². The van der Waals surface area contributed by atoms with E-state index in [9.17, 15) is 13.0 Å². The highest BCUT2D eigenvalue weighted by molar-refractivity contribution is 7.86. The van der Waals surface area contributed by atoms with Gasteiger partial charge in [0.15, 0.2) is 0 Å². The Labute approximate surface area is 101 Å². The van der Waals surface area contributed by atoms with Gasteiger partial charge in [-0.15, -0.1) is 0 Å². The monoisotopic (exact) mass is 250 g/mol. The van der Waals surface area contributed by atoms with Crippen LogP contribution in [-0.2, 0) is 10.1 Å². The summed E-state index contributed by atoms with van der Waals surface area (Å²) >= 11 is 0. The first-order valence-electron chi connectivity index (χ1n) is 5.48. The van der Waals surface area contributed by atoms with Crippen molar-refractivity contribution in [3.63, 3.8) is 0 Å². The largest absolute Gasteiger partial charge is 0.285 e. The zero-order chi connectivity index (χ0) is 12.5. The zero-order valence-electron chi connectivity index (χ0n) is 9.50. The lowest BCUT2D eigenvalue weighted by Crippen LogP contribution is -2.11. The first kappa shape index (κ1) is 12.1. The fraction of sp³-hybridized carbons (Fsp3) is 0.231. The van der Waals surface area contributed by atoms with Crippen LogP contribution in [-0.4, -0.2) is 13.0 Å². The van der Waals surface area contributed by atoms with Crippen LogP contribution in [0, 0.1) is 0 Å². The molecule has 2 aromatic rings. The molecule has 0 amide bonds. The van der Waals surface area contributed by atoms with Gasteiger partial charge < -0.3 is 0 Å². The number of hydrogen-bond acceptors (Lipinski definition) is 2. The molecular weight excluding hydrogens is 236 g/mol. The standard InChI is InChI=1S/C13H14O3S/c1-2-13(17(14,15)16)12-9-5-7-10-6-3-4-8-11(10)12/h3-9,13H,2H2,1H3,(H,14,15,16). The second kappa shape index (κ2) is 4.47. The predicted molar refractivity (Wildman–Crippen MR) is 68.5 cm³/mol. The maximum atomic E-state index is 11.4. The predicted octanol–water partition coefficient (Wildman–Crippen LogP) is 3.18. The smallest absolute Gasteiger partial charge is 0.272 e. The molecule has 0 spiro atoms. The van der Waals surface area contributed by atoms with E-state index in [1.165, 1.54) is 0 Å².